The van der Waals surface area contributed by atoms with E-state index in [1.54, 1.807) is 6.92 Å². The topological polar surface area (TPSA) is 35.2 Å². The Morgan fingerprint density at radius 2 is 1.93 bits per heavy atom. The van der Waals surface area contributed by atoms with Crippen LogP contribution in [-0.4, -0.2) is 12.6 Å². The van der Waals surface area contributed by atoms with E-state index in [1.807, 2.05) is 0 Å². The Morgan fingerprint density at radius 1 is 1.36 bits per heavy atom. The molecule has 0 amide bonds. The minimum atomic E-state index is -0.588. The van der Waals surface area contributed by atoms with Crippen LogP contribution in [0.5, 0.6) is 0 Å². The van der Waals surface area contributed by atoms with Gasteiger partial charge in [-0.2, -0.15) is 0 Å². The van der Waals surface area contributed by atoms with Gasteiger partial charge in [0, 0.05) is 11.6 Å². The molecule has 0 saturated heterocycles. The predicted octanol–water partition coefficient (Wildman–Crippen LogP) is 1.83. The Balaban J connectivity index is 2.58. The second kappa shape index (κ2) is 5.02. The van der Waals surface area contributed by atoms with Gasteiger partial charge in [0.2, 0.25) is 0 Å². The van der Waals surface area contributed by atoms with Gasteiger partial charge < -0.3 is 10.5 Å². The highest BCUT2D eigenvalue weighted by Gasteiger charge is 2.08. The molecule has 2 N–H and O–H groups in total. The smallest absolute Gasteiger partial charge is 0.131 e. The van der Waals surface area contributed by atoms with Crippen LogP contribution in [0.3, 0.4) is 0 Å². The lowest BCUT2D eigenvalue weighted by Crippen LogP contribution is -2.21. The van der Waals surface area contributed by atoms with Crippen LogP contribution < -0.4 is 5.73 Å². The molecule has 0 aromatic heterocycles. The van der Waals surface area contributed by atoms with Crippen LogP contribution in [-0.2, 0) is 11.3 Å². The largest absolute Gasteiger partial charge is 0.375 e. The molecule has 1 aromatic rings. The van der Waals surface area contributed by atoms with E-state index in [9.17, 15) is 8.78 Å². The number of nitrogens with two attached hydrogens (primary N) is 1. The van der Waals surface area contributed by atoms with Crippen molar-refractivity contribution in [1.29, 1.82) is 0 Å². The quantitative estimate of drug-likeness (QED) is 0.806. The third-order valence-corrected chi connectivity index (χ3v) is 1.69. The monoisotopic (exact) mass is 201 g/mol. The van der Waals surface area contributed by atoms with Gasteiger partial charge in [0.15, 0.2) is 0 Å². The van der Waals surface area contributed by atoms with Gasteiger partial charge in [-0.15, -0.1) is 0 Å². The van der Waals surface area contributed by atoms with E-state index in [0.717, 1.165) is 0 Å². The number of ether oxygens (including phenoxy) is 1. The Bertz CT molecular complexity index is 282. The Labute approximate surface area is 81.7 Å². The van der Waals surface area contributed by atoms with E-state index in [4.69, 9.17) is 10.5 Å². The van der Waals surface area contributed by atoms with Crippen LogP contribution in [0.15, 0.2) is 18.2 Å². The molecule has 4 heteroatoms. The molecule has 0 aliphatic heterocycles. The van der Waals surface area contributed by atoms with Gasteiger partial charge in [-0.25, -0.2) is 8.78 Å². The van der Waals surface area contributed by atoms with Crippen LogP contribution in [0.25, 0.3) is 0 Å². The maximum absolute atomic E-state index is 13.0. The lowest BCUT2D eigenvalue weighted by atomic mass is 10.2. The Hall–Kier alpha value is -1.00. The summed E-state index contributed by atoms with van der Waals surface area (Å²) in [6.07, 6.45) is 0. The lowest BCUT2D eigenvalue weighted by Gasteiger charge is -2.08. The van der Waals surface area contributed by atoms with E-state index < -0.39 is 11.6 Å². The van der Waals surface area contributed by atoms with E-state index in [0.29, 0.717) is 0 Å². The number of halogens is 2. The van der Waals surface area contributed by atoms with Crippen molar-refractivity contribution in [2.24, 2.45) is 5.73 Å². The zero-order chi connectivity index (χ0) is 10.6. The lowest BCUT2D eigenvalue weighted by molar-refractivity contribution is 0.107. The fourth-order valence-electron chi connectivity index (χ4n) is 1.02. The van der Waals surface area contributed by atoms with Crippen molar-refractivity contribution in [3.63, 3.8) is 0 Å². The van der Waals surface area contributed by atoms with E-state index in [-0.39, 0.29) is 24.8 Å². The molecule has 0 fully saturated rings. The summed E-state index contributed by atoms with van der Waals surface area (Å²) in [6.45, 7) is 1.96. The number of hydrogen-bond acceptors (Lipinski definition) is 2. The van der Waals surface area contributed by atoms with Gasteiger partial charge in [-0.05, 0) is 19.1 Å². The minimum absolute atomic E-state index is 0.0480. The zero-order valence-electron chi connectivity index (χ0n) is 7.97. The van der Waals surface area contributed by atoms with Gasteiger partial charge in [0.05, 0.1) is 13.2 Å². The van der Waals surface area contributed by atoms with Crippen molar-refractivity contribution >= 4 is 0 Å². The van der Waals surface area contributed by atoms with Crippen molar-refractivity contribution in [2.45, 2.75) is 19.6 Å². The van der Waals surface area contributed by atoms with Crippen molar-refractivity contribution in [3.8, 4) is 0 Å². The Morgan fingerprint density at radius 3 is 2.43 bits per heavy atom. The van der Waals surface area contributed by atoms with Crippen LogP contribution in [0.4, 0.5) is 8.78 Å². The first-order valence-electron chi connectivity index (χ1n) is 4.37. The molecule has 2 nitrogen and oxygen atoms in total. The summed E-state index contributed by atoms with van der Waals surface area (Å²) in [5, 5.41) is 0. The second-order valence-corrected chi connectivity index (χ2v) is 3.19. The molecule has 0 bridgehead atoms. The number of benzene rings is 1. The van der Waals surface area contributed by atoms with Crippen LogP contribution in [0.1, 0.15) is 12.5 Å². The van der Waals surface area contributed by atoms with Gasteiger partial charge >= 0.3 is 0 Å². The van der Waals surface area contributed by atoms with E-state index in [2.05, 4.69) is 0 Å². The summed E-state index contributed by atoms with van der Waals surface area (Å²) in [4.78, 5) is 0. The first-order chi connectivity index (χ1) is 6.61. The molecule has 1 rings (SSSR count). The fourth-order valence-corrected chi connectivity index (χ4v) is 1.02. The summed E-state index contributed by atoms with van der Waals surface area (Å²) in [7, 11) is 0. The fraction of sp³-hybridized carbons (Fsp3) is 0.400. The summed E-state index contributed by atoms with van der Waals surface area (Å²) in [5.41, 5.74) is 5.37. The van der Waals surface area contributed by atoms with Crippen molar-refractivity contribution < 1.29 is 13.5 Å². The average Bonchev–Trinajstić information content (AvgIpc) is 2.09. The standard InChI is InChI=1S/C10H13F2NO/c1-7(13)5-14-6-8-9(11)3-2-4-10(8)12/h2-4,7H,5-6,13H2,1H3/t7-/m0/s1. The highest BCUT2D eigenvalue weighted by molar-refractivity contribution is 5.18. The maximum atomic E-state index is 13.0. The molecule has 0 aliphatic carbocycles. The van der Waals surface area contributed by atoms with E-state index >= 15 is 0 Å². The van der Waals surface area contributed by atoms with Gasteiger partial charge in [0.1, 0.15) is 11.6 Å². The maximum Gasteiger partial charge on any atom is 0.131 e. The van der Waals surface area contributed by atoms with Crippen molar-refractivity contribution in [3.05, 3.63) is 35.4 Å². The third-order valence-electron chi connectivity index (χ3n) is 1.69. The van der Waals surface area contributed by atoms with Gasteiger partial charge in [-0.3, -0.25) is 0 Å². The first kappa shape index (κ1) is 11.1. The summed E-state index contributed by atoms with van der Waals surface area (Å²) < 4.78 is 31.1. The van der Waals surface area contributed by atoms with Crippen LogP contribution >= 0.6 is 0 Å². The molecule has 1 aromatic carbocycles. The third kappa shape index (κ3) is 3.05. The average molecular weight is 201 g/mol. The molecule has 1 atom stereocenters. The highest BCUT2D eigenvalue weighted by atomic mass is 19.1. The SMILES string of the molecule is C[C@H](N)COCc1c(F)cccc1F. The van der Waals surface area contributed by atoms with Crippen molar-refractivity contribution in [1.82, 2.24) is 0 Å². The molecule has 78 valence electrons. The van der Waals surface area contributed by atoms with Crippen molar-refractivity contribution in [2.75, 3.05) is 6.61 Å². The number of hydrogen-bond donors (Lipinski definition) is 1. The molecule has 0 unspecified atom stereocenters. The molecule has 0 heterocycles. The summed E-state index contributed by atoms with van der Waals surface area (Å²) >= 11 is 0. The van der Waals surface area contributed by atoms with Gasteiger partial charge in [-0.1, -0.05) is 6.07 Å². The van der Waals surface area contributed by atoms with Gasteiger partial charge in [0.25, 0.3) is 0 Å². The normalized spacial score (nSPS) is 12.9. The molecule has 14 heavy (non-hydrogen) atoms. The summed E-state index contributed by atoms with van der Waals surface area (Å²) in [5.74, 6) is -1.18. The molecular formula is C10H13F2NO. The first-order valence-corrected chi connectivity index (χ1v) is 4.37. The molecule has 0 radical (unpaired) electrons. The van der Waals surface area contributed by atoms with Crippen LogP contribution in [0, 0.1) is 11.6 Å². The molecule has 0 spiro atoms. The van der Waals surface area contributed by atoms with Crippen LogP contribution in [0.2, 0.25) is 0 Å². The minimum Gasteiger partial charge on any atom is -0.375 e. The second-order valence-electron chi connectivity index (χ2n) is 3.19. The number of rotatable bonds is 4. The molecular weight excluding hydrogens is 188 g/mol. The molecule has 0 aliphatic rings. The highest BCUT2D eigenvalue weighted by Crippen LogP contribution is 2.12. The Kier molecular flexibility index (Phi) is 3.98. The predicted molar refractivity (Wildman–Crippen MR) is 49.7 cm³/mol. The summed E-state index contributed by atoms with van der Waals surface area (Å²) in [6, 6.07) is 3.59. The zero-order valence-corrected chi connectivity index (χ0v) is 7.97. The van der Waals surface area contributed by atoms with E-state index in [1.165, 1.54) is 18.2 Å². The molecule has 0 saturated carbocycles.